The van der Waals surface area contributed by atoms with Gasteiger partial charge in [-0.3, -0.25) is 4.79 Å². The molecule has 0 radical (unpaired) electrons. The van der Waals surface area contributed by atoms with Crippen molar-refractivity contribution < 1.29 is 4.79 Å². The summed E-state index contributed by atoms with van der Waals surface area (Å²) in [5.74, 6) is 0.539. The summed E-state index contributed by atoms with van der Waals surface area (Å²) in [7, 11) is 0. The molecule has 0 aromatic rings. The Bertz CT molecular complexity index is 352. The summed E-state index contributed by atoms with van der Waals surface area (Å²) < 4.78 is 0. The van der Waals surface area contributed by atoms with Gasteiger partial charge in [-0.15, -0.1) is 12.4 Å². The van der Waals surface area contributed by atoms with Crippen LogP contribution in [-0.4, -0.2) is 48.6 Å². The van der Waals surface area contributed by atoms with Gasteiger partial charge in [0, 0.05) is 37.1 Å². The Hall–Kier alpha value is -0.320. The van der Waals surface area contributed by atoms with Gasteiger partial charge in [-0.25, -0.2) is 0 Å². The van der Waals surface area contributed by atoms with Crippen molar-refractivity contribution in [2.24, 2.45) is 5.92 Å². The van der Waals surface area contributed by atoms with E-state index in [1.165, 1.54) is 38.8 Å². The fraction of sp³-hybridized carbons (Fsp3) is 0.941. The van der Waals surface area contributed by atoms with Crippen molar-refractivity contribution in [3.8, 4) is 0 Å². The fourth-order valence-electron chi connectivity index (χ4n) is 4.37. The summed E-state index contributed by atoms with van der Waals surface area (Å²) in [5.41, 5.74) is 0. The standard InChI is InChI=1S/C17H31N3O.ClH/c1-13-12-14(6-9-18-13)17(21)19-15-7-10-20(11-8-15)16-4-2-3-5-16;/h13-16,18H,2-12H2,1H3,(H,19,21);1H/t13-,14-;/m0./s1. The molecule has 3 fully saturated rings. The van der Waals surface area contributed by atoms with E-state index in [-0.39, 0.29) is 18.3 Å². The molecule has 0 aromatic heterocycles. The maximum absolute atomic E-state index is 12.4. The van der Waals surface area contributed by atoms with Crippen LogP contribution in [0, 0.1) is 5.92 Å². The smallest absolute Gasteiger partial charge is 0.223 e. The number of nitrogens with one attached hydrogen (secondary N) is 2. The van der Waals surface area contributed by atoms with E-state index in [0.29, 0.717) is 18.0 Å². The van der Waals surface area contributed by atoms with Crippen LogP contribution in [0.15, 0.2) is 0 Å². The van der Waals surface area contributed by atoms with Crippen LogP contribution in [0.2, 0.25) is 0 Å². The highest BCUT2D eigenvalue weighted by Gasteiger charge is 2.30. The summed E-state index contributed by atoms with van der Waals surface area (Å²) in [6, 6.07) is 1.74. The summed E-state index contributed by atoms with van der Waals surface area (Å²) in [6.07, 6.45) is 9.88. The average Bonchev–Trinajstić information content (AvgIpc) is 3.02. The highest BCUT2D eigenvalue weighted by molar-refractivity contribution is 5.85. The first-order chi connectivity index (χ1) is 10.2. The van der Waals surface area contributed by atoms with Crippen molar-refractivity contribution >= 4 is 18.3 Å². The number of rotatable bonds is 3. The van der Waals surface area contributed by atoms with Gasteiger partial charge in [-0.05, 0) is 52.0 Å². The lowest BCUT2D eigenvalue weighted by Gasteiger charge is -2.37. The second kappa shape index (κ2) is 8.51. The molecule has 2 saturated heterocycles. The van der Waals surface area contributed by atoms with Crippen LogP contribution >= 0.6 is 12.4 Å². The molecular formula is C17H32ClN3O. The number of likely N-dealkylation sites (tertiary alicyclic amines) is 1. The van der Waals surface area contributed by atoms with Crippen LogP contribution in [0.25, 0.3) is 0 Å². The third-order valence-corrected chi connectivity index (χ3v) is 5.71. The van der Waals surface area contributed by atoms with E-state index in [1.807, 2.05) is 0 Å². The van der Waals surface area contributed by atoms with Gasteiger partial charge in [0.15, 0.2) is 0 Å². The maximum atomic E-state index is 12.4. The van der Waals surface area contributed by atoms with Crippen LogP contribution in [-0.2, 0) is 4.79 Å². The van der Waals surface area contributed by atoms with Gasteiger partial charge in [-0.2, -0.15) is 0 Å². The molecule has 2 N–H and O–H groups in total. The number of piperidine rings is 2. The minimum absolute atomic E-state index is 0. The Morgan fingerprint density at radius 2 is 1.77 bits per heavy atom. The SMILES string of the molecule is C[C@H]1C[C@@H](C(=O)NC2CCN(C3CCCC3)CC2)CCN1.Cl. The molecule has 5 heteroatoms. The predicted molar refractivity (Wildman–Crippen MR) is 92.4 cm³/mol. The molecule has 1 aliphatic carbocycles. The minimum Gasteiger partial charge on any atom is -0.353 e. The third kappa shape index (κ3) is 4.59. The van der Waals surface area contributed by atoms with Gasteiger partial charge in [0.2, 0.25) is 5.91 Å². The van der Waals surface area contributed by atoms with E-state index >= 15 is 0 Å². The Labute approximate surface area is 141 Å². The summed E-state index contributed by atoms with van der Waals surface area (Å²) in [4.78, 5) is 15.1. The van der Waals surface area contributed by atoms with E-state index in [9.17, 15) is 4.79 Å². The number of carbonyl (C=O) groups excluding carboxylic acids is 1. The van der Waals surface area contributed by atoms with Crippen molar-refractivity contribution in [1.29, 1.82) is 0 Å². The Kier molecular flexibility index (Phi) is 6.97. The first-order valence-corrected chi connectivity index (χ1v) is 9.00. The zero-order valence-electron chi connectivity index (χ0n) is 13.9. The van der Waals surface area contributed by atoms with Gasteiger partial charge in [0.1, 0.15) is 0 Å². The molecule has 0 unspecified atom stereocenters. The average molecular weight is 330 g/mol. The van der Waals surface area contributed by atoms with Crippen LogP contribution in [0.5, 0.6) is 0 Å². The molecule has 0 spiro atoms. The predicted octanol–water partition coefficient (Wildman–Crippen LogP) is 2.32. The van der Waals surface area contributed by atoms with Crippen LogP contribution < -0.4 is 10.6 Å². The van der Waals surface area contributed by atoms with E-state index < -0.39 is 0 Å². The van der Waals surface area contributed by atoms with Crippen molar-refractivity contribution in [2.45, 2.75) is 76.4 Å². The molecule has 2 heterocycles. The first-order valence-electron chi connectivity index (χ1n) is 9.00. The molecule has 2 atom stereocenters. The molecule has 0 bridgehead atoms. The molecule has 2 aliphatic heterocycles. The molecule has 0 aromatic carbocycles. The highest BCUT2D eigenvalue weighted by Crippen LogP contribution is 2.26. The van der Waals surface area contributed by atoms with Crippen LogP contribution in [0.3, 0.4) is 0 Å². The van der Waals surface area contributed by atoms with E-state index in [2.05, 4.69) is 22.5 Å². The minimum atomic E-state index is 0. The Morgan fingerprint density at radius 3 is 2.41 bits per heavy atom. The van der Waals surface area contributed by atoms with E-state index in [0.717, 1.165) is 38.3 Å². The molecule has 128 valence electrons. The molecule has 22 heavy (non-hydrogen) atoms. The lowest BCUT2D eigenvalue weighted by molar-refractivity contribution is -0.127. The first kappa shape index (κ1) is 18.0. The molecule has 1 saturated carbocycles. The third-order valence-electron chi connectivity index (χ3n) is 5.71. The number of amides is 1. The molecule has 1 amide bonds. The number of hydrogen-bond donors (Lipinski definition) is 2. The number of halogens is 1. The number of hydrogen-bond acceptors (Lipinski definition) is 3. The molecule has 4 nitrogen and oxygen atoms in total. The zero-order chi connectivity index (χ0) is 14.7. The Morgan fingerprint density at radius 1 is 1.09 bits per heavy atom. The topological polar surface area (TPSA) is 44.4 Å². The quantitative estimate of drug-likeness (QED) is 0.835. The van der Waals surface area contributed by atoms with Gasteiger partial charge in [0.05, 0.1) is 0 Å². The van der Waals surface area contributed by atoms with Crippen LogP contribution in [0.1, 0.15) is 58.3 Å². The lowest BCUT2D eigenvalue weighted by atomic mass is 9.91. The monoisotopic (exact) mass is 329 g/mol. The highest BCUT2D eigenvalue weighted by atomic mass is 35.5. The van der Waals surface area contributed by atoms with E-state index in [1.54, 1.807) is 0 Å². The molecular weight excluding hydrogens is 298 g/mol. The van der Waals surface area contributed by atoms with Crippen LogP contribution in [0.4, 0.5) is 0 Å². The zero-order valence-corrected chi connectivity index (χ0v) is 14.7. The van der Waals surface area contributed by atoms with E-state index in [4.69, 9.17) is 0 Å². The second-order valence-electron chi connectivity index (χ2n) is 7.33. The van der Waals surface area contributed by atoms with Gasteiger partial charge >= 0.3 is 0 Å². The van der Waals surface area contributed by atoms with Crippen molar-refractivity contribution in [3.05, 3.63) is 0 Å². The fourth-order valence-corrected chi connectivity index (χ4v) is 4.37. The largest absolute Gasteiger partial charge is 0.353 e. The van der Waals surface area contributed by atoms with Crippen molar-refractivity contribution in [2.75, 3.05) is 19.6 Å². The number of carbonyl (C=O) groups is 1. The van der Waals surface area contributed by atoms with Gasteiger partial charge < -0.3 is 15.5 Å². The normalized spacial score (nSPS) is 31.7. The van der Waals surface area contributed by atoms with Gasteiger partial charge in [0.25, 0.3) is 0 Å². The summed E-state index contributed by atoms with van der Waals surface area (Å²) in [6.45, 7) is 5.52. The second-order valence-corrected chi connectivity index (χ2v) is 7.33. The molecule has 3 aliphatic rings. The summed E-state index contributed by atoms with van der Waals surface area (Å²) in [5, 5.41) is 6.75. The Balaban J connectivity index is 0.00000176. The van der Waals surface area contributed by atoms with Gasteiger partial charge in [-0.1, -0.05) is 12.8 Å². The number of nitrogens with zero attached hydrogens (tertiary/aromatic N) is 1. The lowest BCUT2D eigenvalue weighted by Crippen LogP contribution is -2.50. The van der Waals surface area contributed by atoms with Crippen molar-refractivity contribution in [3.63, 3.8) is 0 Å². The van der Waals surface area contributed by atoms with Crippen molar-refractivity contribution in [1.82, 2.24) is 15.5 Å². The summed E-state index contributed by atoms with van der Waals surface area (Å²) >= 11 is 0. The molecule has 3 rings (SSSR count). The maximum Gasteiger partial charge on any atom is 0.223 e.